The molecule has 0 atom stereocenters. The van der Waals surface area contributed by atoms with E-state index in [1.807, 2.05) is 31.2 Å². The molecule has 0 aliphatic carbocycles. The molecular weight excluding hydrogens is 269 g/mol. The summed E-state index contributed by atoms with van der Waals surface area (Å²) in [6.45, 7) is 1.96. The number of benzene rings is 1. The van der Waals surface area contributed by atoms with E-state index in [0.717, 1.165) is 22.5 Å². The molecule has 0 radical (unpaired) electrons. The Morgan fingerprint density at radius 2 is 1.83 bits per heavy atom. The van der Waals surface area contributed by atoms with Crippen LogP contribution in [-0.2, 0) is 0 Å². The highest BCUT2D eigenvalue weighted by molar-refractivity contribution is 6.30. The van der Waals surface area contributed by atoms with Crippen LogP contribution in [0, 0.1) is 6.92 Å². The zero-order valence-electron chi connectivity index (χ0n) is 9.56. The molecule has 1 aromatic carbocycles. The lowest BCUT2D eigenvalue weighted by atomic mass is 10.1. The second kappa shape index (κ2) is 4.26. The van der Waals surface area contributed by atoms with Crippen LogP contribution in [0.5, 0.6) is 0 Å². The summed E-state index contributed by atoms with van der Waals surface area (Å²) >= 11 is 12.1. The topological polar surface area (TPSA) is 30.2 Å². The highest BCUT2D eigenvalue weighted by Gasteiger charge is 2.08. The number of nitrogens with zero attached hydrogens (tertiary/aromatic N) is 3. The molecule has 3 aromatic rings. The summed E-state index contributed by atoms with van der Waals surface area (Å²) in [5.74, 6) is 0. The first-order chi connectivity index (χ1) is 8.65. The van der Waals surface area contributed by atoms with E-state index in [4.69, 9.17) is 23.2 Å². The molecule has 0 N–H and O–H groups in total. The van der Waals surface area contributed by atoms with Crippen LogP contribution in [0.15, 0.2) is 36.5 Å². The molecule has 18 heavy (non-hydrogen) atoms. The van der Waals surface area contributed by atoms with Crippen molar-refractivity contribution in [1.82, 2.24) is 14.6 Å². The molecule has 5 heteroatoms. The van der Waals surface area contributed by atoms with E-state index in [1.54, 1.807) is 16.8 Å². The number of rotatable bonds is 1. The van der Waals surface area contributed by atoms with Gasteiger partial charge in [0.1, 0.15) is 5.15 Å². The fourth-order valence-corrected chi connectivity index (χ4v) is 2.16. The van der Waals surface area contributed by atoms with Crippen LogP contribution in [0.4, 0.5) is 0 Å². The molecule has 0 unspecified atom stereocenters. The van der Waals surface area contributed by atoms with E-state index in [-0.39, 0.29) is 0 Å². The van der Waals surface area contributed by atoms with Gasteiger partial charge in [-0.15, -0.1) is 0 Å². The summed E-state index contributed by atoms with van der Waals surface area (Å²) in [7, 11) is 0. The molecule has 2 heterocycles. The average molecular weight is 278 g/mol. The number of aryl methyl sites for hydroxylation is 1. The van der Waals surface area contributed by atoms with Crippen molar-refractivity contribution in [3.63, 3.8) is 0 Å². The van der Waals surface area contributed by atoms with E-state index >= 15 is 0 Å². The minimum absolute atomic E-state index is 0.540. The summed E-state index contributed by atoms with van der Waals surface area (Å²) in [6, 6.07) is 9.30. The van der Waals surface area contributed by atoms with Gasteiger partial charge in [0, 0.05) is 22.2 Å². The van der Waals surface area contributed by atoms with Crippen LogP contribution in [0.1, 0.15) is 5.56 Å². The zero-order valence-corrected chi connectivity index (χ0v) is 11.1. The van der Waals surface area contributed by atoms with Gasteiger partial charge in [0.25, 0.3) is 0 Å². The number of aromatic nitrogens is 3. The Morgan fingerprint density at radius 1 is 1.11 bits per heavy atom. The Labute approximate surface area is 114 Å². The van der Waals surface area contributed by atoms with Crippen molar-refractivity contribution in [3.05, 3.63) is 52.3 Å². The summed E-state index contributed by atoms with van der Waals surface area (Å²) in [6.07, 6.45) is 1.75. The fourth-order valence-electron chi connectivity index (χ4n) is 1.80. The fraction of sp³-hybridized carbons (Fsp3) is 0.0769. The quantitative estimate of drug-likeness (QED) is 0.629. The maximum absolute atomic E-state index is 6.19. The molecule has 3 rings (SSSR count). The van der Waals surface area contributed by atoms with Gasteiger partial charge in [-0.2, -0.15) is 5.10 Å². The Balaban J connectivity index is 2.23. The Bertz CT molecular complexity index is 717. The Morgan fingerprint density at radius 3 is 2.56 bits per heavy atom. The molecule has 0 fully saturated rings. The number of hydrogen-bond donors (Lipinski definition) is 0. The van der Waals surface area contributed by atoms with Gasteiger partial charge in [-0.3, -0.25) is 0 Å². The lowest BCUT2D eigenvalue weighted by Gasteiger charge is -2.04. The first kappa shape index (κ1) is 11.5. The molecule has 3 nitrogen and oxygen atoms in total. The maximum atomic E-state index is 6.19. The Hall–Kier alpha value is -1.58. The van der Waals surface area contributed by atoms with E-state index < -0.39 is 0 Å². The first-order valence-electron chi connectivity index (χ1n) is 5.42. The SMILES string of the molecule is Cc1cnn2c(Cl)cc(-c3ccc(Cl)cc3)nc12. The monoisotopic (exact) mass is 277 g/mol. The average Bonchev–Trinajstić information content (AvgIpc) is 2.73. The van der Waals surface area contributed by atoms with Crippen LogP contribution in [0.3, 0.4) is 0 Å². The predicted molar refractivity (Wildman–Crippen MR) is 73.2 cm³/mol. The zero-order chi connectivity index (χ0) is 12.7. The molecule has 0 aliphatic heterocycles. The molecule has 0 amide bonds. The summed E-state index contributed by atoms with van der Waals surface area (Å²) in [4.78, 5) is 4.57. The lowest BCUT2D eigenvalue weighted by Crippen LogP contribution is -1.95. The highest BCUT2D eigenvalue weighted by Crippen LogP contribution is 2.24. The smallest absolute Gasteiger partial charge is 0.160 e. The van der Waals surface area contributed by atoms with Gasteiger partial charge in [0.15, 0.2) is 5.65 Å². The summed E-state index contributed by atoms with van der Waals surface area (Å²) < 4.78 is 1.62. The summed E-state index contributed by atoms with van der Waals surface area (Å²) in [5, 5.41) is 5.41. The Kier molecular flexibility index (Phi) is 2.73. The summed E-state index contributed by atoms with van der Waals surface area (Å²) in [5.41, 5.74) is 3.55. The van der Waals surface area contributed by atoms with Gasteiger partial charge >= 0.3 is 0 Å². The van der Waals surface area contributed by atoms with Gasteiger partial charge in [-0.1, -0.05) is 35.3 Å². The van der Waals surface area contributed by atoms with Crippen LogP contribution < -0.4 is 0 Å². The van der Waals surface area contributed by atoms with Gasteiger partial charge in [0.05, 0.1) is 11.9 Å². The first-order valence-corrected chi connectivity index (χ1v) is 6.17. The van der Waals surface area contributed by atoms with E-state index in [9.17, 15) is 0 Å². The van der Waals surface area contributed by atoms with Crippen LogP contribution in [0.2, 0.25) is 10.2 Å². The van der Waals surface area contributed by atoms with Crippen molar-refractivity contribution in [2.75, 3.05) is 0 Å². The molecule has 0 saturated carbocycles. The minimum atomic E-state index is 0.540. The standard InChI is InChI=1S/C13H9Cl2N3/c1-8-7-16-18-12(15)6-11(17-13(8)18)9-2-4-10(14)5-3-9/h2-7H,1H3. The van der Waals surface area contributed by atoms with Crippen molar-refractivity contribution in [2.24, 2.45) is 0 Å². The maximum Gasteiger partial charge on any atom is 0.160 e. The third-order valence-corrected chi connectivity index (χ3v) is 3.27. The molecule has 2 aromatic heterocycles. The lowest BCUT2D eigenvalue weighted by molar-refractivity contribution is 0.942. The molecule has 0 saturated heterocycles. The third kappa shape index (κ3) is 1.85. The van der Waals surface area contributed by atoms with E-state index in [2.05, 4.69) is 10.1 Å². The third-order valence-electron chi connectivity index (χ3n) is 2.74. The number of halogens is 2. The minimum Gasteiger partial charge on any atom is -0.228 e. The molecule has 90 valence electrons. The van der Waals surface area contributed by atoms with Crippen LogP contribution in [0.25, 0.3) is 16.9 Å². The van der Waals surface area contributed by atoms with Crippen LogP contribution >= 0.6 is 23.2 Å². The normalized spacial score (nSPS) is 11.1. The molecule has 0 bridgehead atoms. The number of fused-ring (bicyclic) bond motifs is 1. The molecular formula is C13H9Cl2N3. The van der Waals surface area contributed by atoms with Crippen molar-refractivity contribution in [3.8, 4) is 11.3 Å². The predicted octanol–water partition coefficient (Wildman–Crippen LogP) is 4.01. The second-order valence-corrected chi connectivity index (χ2v) is 4.86. The largest absolute Gasteiger partial charge is 0.228 e. The van der Waals surface area contributed by atoms with Gasteiger partial charge in [0.2, 0.25) is 0 Å². The van der Waals surface area contributed by atoms with Crippen molar-refractivity contribution in [1.29, 1.82) is 0 Å². The molecule has 0 spiro atoms. The van der Waals surface area contributed by atoms with E-state index in [1.165, 1.54) is 0 Å². The van der Waals surface area contributed by atoms with Crippen molar-refractivity contribution in [2.45, 2.75) is 6.92 Å². The second-order valence-electron chi connectivity index (χ2n) is 4.03. The highest BCUT2D eigenvalue weighted by atomic mass is 35.5. The van der Waals surface area contributed by atoms with Crippen molar-refractivity contribution < 1.29 is 0 Å². The van der Waals surface area contributed by atoms with Gasteiger partial charge in [-0.05, 0) is 19.1 Å². The van der Waals surface area contributed by atoms with Gasteiger partial charge in [-0.25, -0.2) is 9.50 Å². The molecule has 0 aliphatic rings. The van der Waals surface area contributed by atoms with Crippen molar-refractivity contribution >= 4 is 28.8 Å². The van der Waals surface area contributed by atoms with Crippen LogP contribution in [-0.4, -0.2) is 14.6 Å². The number of hydrogen-bond acceptors (Lipinski definition) is 2. The van der Waals surface area contributed by atoms with Gasteiger partial charge < -0.3 is 0 Å². The van der Waals surface area contributed by atoms with E-state index in [0.29, 0.717) is 10.2 Å².